The van der Waals surface area contributed by atoms with E-state index in [-0.39, 0.29) is 16.7 Å². The highest BCUT2D eigenvalue weighted by Gasteiger charge is 2.29. The second kappa shape index (κ2) is 7.73. The maximum absolute atomic E-state index is 14.0. The summed E-state index contributed by atoms with van der Waals surface area (Å²) in [6.07, 6.45) is 0.431. The van der Waals surface area contributed by atoms with E-state index in [2.05, 4.69) is 15.9 Å². The van der Waals surface area contributed by atoms with Crippen molar-refractivity contribution in [2.45, 2.75) is 16.6 Å². The summed E-state index contributed by atoms with van der Waals surface area (Å²) in [6.45, 7) is 0.614. The first kappa shape index (κ1) is 18.8. The van der Waals surface area contributed by atoms with Gasteiger partial charge in [-0.3, -0.25) is 0 Å². The molecule has 0 saturated carbocycles. The van der Waals surface area contributed by atoms with Gasteiger partial charge in [-0.25, -0.2) is 17.2 Å². The Bertz CT molecular complexity index is 859. The standard InChI is InChI=1S/C17H16BrF2NO2S2/c18-12-1-4-14(5-2-12)25(22,23)21-8-7-17(24-10-9-21)15-11-13(19)3-6-16(15)20/h1-6,11,17H,7-10H2. The Kier molecular flexibility index (Phi) is 5.82. The van der Waals surface area contributed by atoms with Crippen LogP contribution in [0.1, 0.15) is 17.2 Å². The second-order valence-corrected chi connectivity index (χ2v) is 9.84. The Morgan fingerprint density at radius 2 is 1.80 bits per heavy atom. The summed E-state index contributed by atoms with van der Waals surface area (Å²) in [5, 5.41) is -0.263. The molecule has 1 saturated heterocycles. The number of hydrogen-bond acceptors (Lipinski definition) is 3. The van der Waals surface area contributed by atoms with Crippen molar-refractivity contribution < 1.29 is 17.2 Å². The van der Waals surface area contributed by atoms with E-state index in [4.69, 9.17) is 0 Å². The van der Waals surface area contributed by atoms with Crippen LogP contribution in [0.25, 0.3) is 0 Å². The molecule has 1 heterocycles. The van der Waals surface area contributed by atoms with E-state index in [1.54, 1.807) is 24.3 Å². The van der Waals surface area contributed by atoms with E-state index in [0.717, 1.165) is 16.6 Å². The van der Waals surface area contributed by atoms with Gasteiger partial charge in [0.2, 0.25) is 10.0 Å². The van der Waals surface area contributed by atoms with Gasteiger partial charge in [-0.05, 0) is 48.9 Å². The highest BCUT2D eigenvalue weighted by molar-refractivity contribution is 9.10. The van der Waals surface area contributed by atoms with Gasteiger partial charge < -0.3 is 0 Å². The molecular weight excluding hydrogens is 432 g/mol. The third-order valence-corrected chi connectivity index (χ3v) is 7.81. The first-order valence-corrected chi connectivity index (χ1v) is 11.0. The SMILES string of the molecule is O=S(=O)(c1ccc(Br)cc1)N1CCSC(c2cc(F)ccc2F)CC1. The lowest BCUT2D eigenvalue weighted by atomic mass is 10.1. The summed E-state index contributed by atoms with van der Waals surface area (Å²) in [4.78, 5) is 0.232. The molecule has 0 spiro atoms. The Hall–Kier alpha value is -0.960. The Labute approximate surface area is 158 Å². The number of sulfonamides is 1. The summed E-state index contributed by atoms with van der Waals surface area (Å²) in [6, 6.07) is 9.89. The molecule has 1 fully saturated rings. The lowest BCUT2D eigenvalue weighted by Gasteiger charge is -2.20. The number of nitrogens with zero attached hydrogens (tertiary/aromatic N) is 1. The van der Waals surface area contributed by atoms with Gasteiger partial charge in [-0.1, -0.05) is 15.9 Å². The summed E-state index contributed by atoms with van der Waals surface area (Å²) in [5.41, 5.74) is 0.299. The van der Waals surface area contributed by atoms with Crippen molar-refractivity contribution in [2.24, 2.45) is 0 Å². The average Bonchev–Trinajstić information content (AvgIpc) is 2.84. The van der Waals surface area contributed by atoms with Gasteiger partial charge in [0.15, 0.2) is 0 Å². The Morgan fingerprint density at radius 3 is 2.52 bits per heavy atom. The summed E-state index contributed by atoms with van der Waals surface area (Å²) in [7, 11) is -3.59. The van der Waals surface area contributed by atoms with Crippen LogP contribution in [-0.2, 0) is 10.0 Å². The van der Waals surface area contributed by atoms with E-state index >= 15 is 0 Å². The van der Waals surface area contributed by atoms with E-state index in [0.29, 0.717) is 24.3 Å². The van der Waals surface area contributed by atoms with Crippen LogP contribution in [-0.4, -0.2) is 31.6 Å². The van der Waals surface area contributed by atoms with Crippen LogP contribution in [0.15, 0.2) is 51.8 Å². The maximum atomic E-state index is 14.0. The predicted molar refractivity (Wildman–Crippen MR) is 99.1 cm³/mol. The van der Waals surface area contributed by atoms with Crippen LogP contribution in [0.2, 0.25) is 0 Å². The van der Waals surface area contributed by atoms with E-state index in [1.165, 1.54) is 22.1 Å². The van der Waals surface area contributed by atoms with E-state index in [9.17, 15) is 17.2 Å². The zero-order chi connectivity index (χ0) is 18.0. The van der Waals surface area contributed by atoms with Gasteiger partial charge in [0.1, 0.15) is 11.6 Å². The van der Waals surface area contributed by atoms with Crippen LogP contribution < -0.4 is 0 Å². The average molecular weight is 448 g/mol. The molecule has 0 bridgehead atoms. The van der Waals surface area contributed by atoms with Crippen molar-refractivity contribution in [1.82, 2.24) is 4.31 Å². The fourth-order valence-corrected chi connectivity index (χ4v) is 5.83. The van der Waals surface area contributed by atoms with Crippen LogP contribution in [0.5, 0.6) is 0 Å². The minimum atomic E-state index is -3.59. The lowest BCUT2D eigenvalue weighted by molar-refractivity contribution is 0.426. The minimum absolute atomic E-state index is 0.232. The van der Waals surface area contributed by atoms with E-state index < -0.39 is 21.7 Å². The molecule has 2 aromatic carbocycles. The topological polar surface area (TPSA) is 37.4 Å². The second-order valence-electron chi connectivity index (χ2n) is 5.67. The normalized spacial score (nSPS) is 19.6. The molecule has 1 unspecified atom stereocenters. The zero-order valence-corrected chi connectivity index (χ0v) is 16.4. The first-order chi connectivity index (χ1) is 11.9. The van der Waals surface area contributed by atoms with Crippen LogP contribution in [0, 0.1) is 11.6 Å². The molecule has 0 radical (unpaired) electrons. The van der Waals surface area contributed by atoms with Gasteiger partial charge in [-0.15, -0.1) is 0 Å². The molecule has 2 aromatic rings. The molecular formula is C17H16BrF2NO2S2. The maximum Gasteiger partial charge on any atom is 0.243 e. The molecule has 0 aliphatic carbocycles. The third kappa shape index (κ3) is 4.24. The van der Waals surface area contributed by atoms with Crippen LogP contribution in [0.4, 0.5) is 8.78 Å². The van der Waals surface area contributed by atoms with Crippen LogP contribution in [0.3, 0.4) is 0 Å². The zero-order valence-electron chi connectivity index (χ0n) is 13.2. The number of benzene rings is 2. The monoisotopic (exact) mass is 447 g/mol. The smallest absolute Gasteiger partial charge is 0.207 e. The third-order valence-electron chi connectivity index (χ3n) is 4.06. The molecule has 0 N–H and O–H groups in total. The fraction of sp³-hybridized carbons (Fsp3) is 0.294. The molecule has 134 valence electrons. The van der Waals surface area contributed by atoms with E-state index in [1.807, 2.05) is 0 Å². The molecule has 1 aliphatic rings. The summed E-state index contributed by atoms with van der Waals surface area (Å²) in [5.74, 6) is -0.417. The number of hydrogen-bond donors (Lipinski definition) is 0. The minimum Gasteiger partial charge on any atom is -0.207 e. The van der Waals surface area contributed by atoms with Crippen molar-refractivity contribution in [3.63, 3.8) is 0 Å². The molecule has 1 aliphatic heterocycles. The highest BCUT2D eigenvalue weighted by Crippen LogP contribution is 2.37. The Balaban J connectivity index is 1.79. The van der Waals surface area contributed by atoms with Gasteiger partial charge in [-0.2, -0.15) is 16.1 Å². The largest absolute Gasteiger partial charge is 0.243 e. The van der Waals surface area contributed by atoms with Gasteiger partial charge in [0.25, 0.3) is 0 Å². The van der Waals surface area contributed by atoms with Gasteiger partial charge >= 0.3 is 0 Å². The molecule has 0 amide bonds. The number of thioether (sulfide) groups is 1. The summed E-state index contributed by atoms with van der Waals surface area (Å²) >= 11 is 4.75. The van der Waals surface area contributed by atoms with Crippen molar-refractivity contribution in [3.05, 3.63) is 64.1 Å². The Morgan fingerprint density at radius 1 is 1.08 bits per heavy atom. The van der Waals surface area contributed by atoms with Crippen molar-refractivity contribution in [3.8, 4) is 0 Å². The van der Waals surface area contributed by atoms with Gasteiger partial charge in [0.05, 0.1) is 4.90 Å². The van der Waals surface area contributed by atoms with Crippen LogP contribution >= 0.6 is 27.7 Å². The number of rotatable bonds is 3. The van der Waals surface area contributed by atoms with Crippen molar-refractivity contribution >= 4 is 37.7 Å². The molecule has 3 nitrogen and oxygen atoms in total. The predicted octanol–water partition coefficient (Wildman–Crippen LogP) is 4.60. The quantitative estimate of drug-likeness (QED) is 0.689. The lowest BCUT2D eigenvalue weighted by Crippen LogP contribution is -2.33. The van der Waals surface area contributed by atoms with Crippen molar-refractivity contribution in [2.75, 3.05) is 18.8 Å². The fourth-order valence-electron chi connectivity index (χ4n) is 2.76. The summed E-state index contributed by atoms with van der Waals surface area (Å²) < 4.78 is 55.2. The highest BCUT2D eigenvalue weighted by atomic mass is 79.9. The first-order valence-electron chi connectivity index (χ1n) is 7.70. The molecule has 3 rings (SSSR count). The molecule has 1 atom stereocenters. The molecule has 25 heavy (non-hydrogen) atoms. The number of halogens is 3. The molecule has 0 aromatic heterocycles. The molecule has 8 heteroatoms. The van der Waals surface area contributed by atoms with Gasteiger partial charge in [0, 0.05) is 34.1 Å². The van der Waals surface area contributed by atoms with Crippen molar-refractivity contribution in [1.29, 1.82) is 0 Å².